The van der Waals surface area contributed by atoms with Crippen LogP contribution in [0.15, 0.2) is 36.4 Å². The molecule has 4 heteroatoms. The van der Waals surface area contributed by atoms with Gasteiger partial charge in [-0.2, -0.15) is 0 Å². The number of nitrogens with one attached hydrogen (secondary N) is 1. The summed E-state index contributed by atoms with van der Waals surface area (Å²) in [6.45, 7) is 4.78. The molecule has 1 aromatic heterocycles. The van der Waals surface area contributed by atoms with Crippen LogP contribution in [0.3, 0.4) is 0 Å². The monoisotopic (exact) mass is 272 g/mol. The summed E-state index contributed by atoms with van der Waals surface area (Å²) < 4.78 is 6.78. The molecule has 0 fully saturated rings. The van der Waals surface area contributed by atoms with Crippen molar-refractivity contribution in [1.29, 1.82) is 0 Å². The van der Waals surface area contributed by atoms with Gasteiger partial charge in [-0.15, -0.1) is 0 Å². The van der Waals surface area contributed by atoms with Gasteiger partial charge in [0.15, 0.2) is 0 Å². The first-order valence-electron chi connectivity index (χ1n) is 6.64. The predicted molar refractivity (Wildman–Crippen MR) is 79.1 cm³/mol. The zero-order chi connectivity index (χ0) is 14.5. The van der Waals surface area contributed by atoms with Crippen molar-refractivity contribution in [1.82, 2.24) is 4.68 Å². The molecule has 0 amide bonds. The average molecular weight is 272 g/mol. The van der Waals surface area contributed by atoms with Gasteiger partial charge in [-0.25, -0.2) is 0 Å². The molecule has 0 aliphatic carbocycles. The van der Waals surface area contributed by atoms with Crippen LogP contribution in [0.5, 0.6) is 0 Å². The largest absolute Gasteiger partial charge is 0.469 e. The highest BCUT2D eigenvalue weighted by Crippen LogP contribution is 2.12. The molecule has 0 unspecified atom stereocenters. The lowest BCUT2D eigenvalue weighted by atomic mass is 10.0. The van der Waals surface area contributed by atoms with Crippen molar-refractivity contribution in [3.8, 4) is 0 Å². The van der Waals surface area contributed by atoms with Gasteiger partial charge in [0.1, 0.15) is 0 Å². The number of aryl methyl sites for hydroxylation is 2. The fourth-order valence-electron chi connectivity index (χ4n) is 2.21. The summed E-state index contributed by atoms with van der Waals surface area (Å²) in [6.07, 6.45) is 0.304. The molecule has 0 spiro atoms. The molecule has 1 heterocycles. The van der Waals surface area contributed by atoms with Crippen LogP contribution in [0.4, 0.5) is 0 Å². The Morgan fingerprint density at radius 2 is 1.70 bits per heavy atom. The summed E-state index contributed by atoms with van der Waals surface area (Å²) in [6, 6.07) is 12.1. The van der Waals surface area contributed by atoms with E-state index < -0.39 is 0 Å². The Balaban J connectivity index is 2.11. The number of ether oxygens (including phenoxy) is 1. The second-order valence-electron chi connectivity index (χ2n) is 4.81. The maximum absolute atomic E-state index is 11.4. The van der Waals surface area contributed by atoms with Crippen molar-refractivity contribution < 1.29 is 9.53 Å². The van der Waals surface area contributed by atoms with Crippen molar-refractivity contribution in [2.24, 2.45) is 0 Å². The molecule has 1 N–H and O–H groups in total. The Hall–Kier alpha value is -2.23. The zero-order valence-corrected chi connectivity index (χ0v) is 12.1. The summed E-state index contributed by atoms with van der Waals surface area (Å²) in [5.74, 6) is -0.217. The van der Waals surface area contributed by atoms with E-state index in [2.05, 4.69) is 36.1 Å². The third-order valence-corrected chi connectivity index (χ3v) is 3.38. The maximum atomic E-state index is 11.4. The fraction of sp³-hybridized carbons (Fsp3) is 0.312. The number of methoxy groups -OCH3 is 1. The molecule has 2 aromatic rings. The van der Waals surface area contributed by atoms with Crippen LogP contribution in [0.2, 0.25) is 0 Å². The van der Waals surface area contributed by atoms with E-state index >= 15 is 0 Å². The van der Waals surface area contributed by atoms with Gasteiger partial charge < -0.3 is 10.2 Å². The van der Waals surface area contributed by atoms with Crippen LogP contribution in [-0.4, -0.2) is 17.8 Å². The van der Waals surface area contributed by atoms with Crippen LogP contribution >= 0.6 is 0 Å². The number of rotatable bonds is 5. The lowest BCUT2D eigenvalue weighted by Crippen LogP contribution is -2.18. The van der Waals surface area contributed by atoms with Crippen molar-refractivity contribution in [2.75, 3.05) is 12.5 Å². The highest BCUT2D eigenvalue weighted by Gasteiger charge is 2.08. The minimum Gasteiger partial charge on any atom is -0.469 e. The van der Waals surface area contributed by atoms with Crippen LogP contribution in [0, 0.1) is 13.8 Å². The number of nitrogens with zero attached hydrogens (tertiary/aromatic N) is 1. The zero-order valence-electron chi connectivity index (χ0n) is 12.1. The van der Waals surface area contributed by atoms with Gasteiger partial charge in [0.25, 0.3) is 0 Å². The fourth-order valence-corrected chi connectivity index (χ4v) is 2.21. The normalized spacial score (nSPS) is 10.3. The molecule has 1 aromatic carbocycles. The summed E-state index contributed by atoms with van der Waals surface area (Å²) in [4.78, 5) is 11.4. The van der Waals surface area contributed by atoms with Crippen LogP contribution < -0.4 is 5.43 Å². The molecule has 20 heavy (non-hydrogen) atoms. The van der Waals surface area contributed by atoms with Crippen molar-refractivity contribution >= 4 is 5.97 Å². The first-order valence-corrected chi connectivity index (χ1v) is 6.64. The number of hydrogen-bond acceptors (Lipinski definition) is 3. The molecule has 0 atom stereocenters. The molecule has 0 radical (unpaired) electrons. The molecule has 2 rings (SSSR count). The Morgan fingerprint density at radius 3 is 2.30 bits per heavy atom. The van der Waals surface area contributed by atoms with Gasteiger partial charge in [-0.3, -0.25) is 9.47 Å². The van der Waals surface area contributed by atoms with Crippen LogP contribution in [0.1, 0.15) is 22.5 Å². The first kappa shape index (κ1) is 14.2. The Labute approximate surface area is 119 Å². The van der Waals surface area contributed by atoms with Crippen molar-refractivity contribution in [3.05, 3.63) is 58.9 Å². The number of aromatic nitrogens is 1. The van der Waals surface area contributed by atoms with E-state index in [4.69, 9.17) is 4.74 Å². The molecule has 0 bridgehead atoms. The van der Waals surface area contributed by atoms with E-state index in [1.807, 2.05) is 24.3 Å². The molecule has 0 aliphatic heterocycles. The summed E-state index contributed by atoms with van der Waals surface area (Å²) in [5.41, 5.74) is 7.79. The van der Waals surface area contributed by atoms with Gasteiger partial charge in [-0.1, -0.05) is 24.3 Å². The third-order valence-electron chi connectivity index (χ3n) is 3.38. The van der Waals surface area contributed by atoms with Gasteiger partial charge >= 0.3 is 5.97 Å². The van der Waals surface area contributed by atoms with E-state index in [1.165, 1.54) is 7.11 Å². The second-order valence-corrected chi connectivity index (χ2v) is 4.81. The highest BCUT2D eigenvalue weighted by molar-refractivity contribution is 5.72. The van der Waals surface area contributed by atoms with Gasteiger partial charge in [0.05, 0.1) is 20.1 Å². The average Bonchev–Trinajstić information content (AvgIpc) is 2.77. The molecule has 106 valence electrons. The lowest BCUT2D eigenvalue weighted by molar-refractivity contribution is -0.139. The minimum absolute atomic E-state index is 0.217. The Kier molecular flexibility index (Phi) is 4.45. The van der Waals surface area contributed by atoms with E-state index in [0.717, 1.165) is 22.5 Å². The number of hydrogen-bond donors (Lipinski definition) is 1. The molecule has 4 nitrogen and oxygen atoms in total. The highest BCUT2D eigenvalue weighted by atomic mass is 16.5. The van der Waals surface area contributed by atoms with Crippen molar-refractivity contribution in [3.63, 3.8) is 0 Å². The SMILES string of the molecule is COC(=O)Cc1ccccc1CNn1c(C)ccc1C. The Bertz CT molecular complexity index is 583. The molecular formula is C16H20N2O2. The summed E-state index contributed by atoms with van der Waals surface area (Å²) in [7, 11) is 1.41. The maximum Gasteiger partial charge on any atom is 0.309 e. The number of benzene rings is 1. The lowest BCUT2D eigenvalue weighted by Gasteiger charge is -2.15. The van der Waals surface area contributed by atoms with Gasteiger partial charge in [0.2, 0.25) is 0 Å². The first-order chi connectivity index (χ1) is 9.61. The summed E-state index contributed by atoms with van der Waals surface area (Å²) in [5, 5.41) is 0. The molecule has 0 saturated heterocycles. The van der Waals surface area contributed by atoms with Crippen LogP contribution in [0.25, 0.3) is 0 Å². The van der Waals surface area contributed by atoms with E-state index in [-0.39, 0.29) is 5.97 Å². The Morgan fingerprint density at radius 1 is 1.10 bits per heavy atom. The standard InChI is InChI=1S/C16H20N2O2/c1-12-8-9-13(2)18(12)17-11-15-7-5-4-6-14(15)10-16(19)20-3/h4-9,17H,10-11H2,1-3H3. The minimum atomic E-state index is -0.217. The molecule has 0 saturated carbocycles. The van der Waals surface area contributed by atoms with E-state index in [1.54, 1.807) is 0 Å². The van der Waals surface area contributed by atoms with E-state index in [0.29, 0.717) is 13.0 Å². The molecule has 0 aliphatic rings. The predicted octanol–water partition coefficient (Wildman–Crippen LogP) is 2.56. The van der Waals surface area contributed by atoms with Crippen LogP contribution in [-0.2, 0) is 22.5 Å². The molecular weight excluding hydrogens is 252 g/mol. The topological polar surface area (TPSA) is 43.3 Å². The smallest absolute Gasteiger partial charge is 0.309 e. The number of carbonyl (C=O) groups excluding carboxylic acids is 1. The van der Waals surface area contributed by atoms with Gasteiger partial charge in [-0.05, 0) is 37.1 Å². The number of carbonyl (C=O) groups is 1. The van der Waals surface area contributed by atoms with E-state index in [9.17, 15) is 4.79 Å². The second kappa shape index (κ2) is 6.28. The van der Waals surface area contributed by atoms with Gasteiger partial charge in [0, 0.05) is 11.4 Å². The number of esters is 1. The third kappa shape index (κ3) is 3.20. The quantitative estimate of drug-likeness (QED) is 0.851. The van der Waals surface area contributed by atoms with Crippen molar-refractivity contribution in [2.45, 2.75) is 26.8 Å². The summed E-state index contributed by atoms with van der Waals surface area (Å²) >= 11 is 0.